The standard InChI is InChI=1S/C12H18N2O3S2/c1-17-11-4-5-18-12(11)19(15,16)14-6-8-2-3-10(13)9(8)7-14/h4-5,8-10H,2-3,6-7,13H2,1H3. The molecule has 0 aromatic carbocycles. The molecule has 0 radical (unpaired) electrons. The van der Waals surface area contributed by atoms with E-state index in [1.165, 1.54) is 18.4 Å². The first-order valence-electron chi connectivity index (χ1n) is 6.41. The molecule has 7 heteroatoms. The highest BCUT2D eigenvalue weighted by Gasteiger charge is 2.45. The summed E-state index contributed by atoms with van der Waals surface area (Å²) in [6, 6.07) is 1.84. The summed E-state index contributed by atoms with van der Waals surface area (Å²) in [5.41, 5.74) is 6.06. The van der Waals surface area contributed by atoms with Crippen molar-refractivity contribution in [2.45, 2.75) is 23.1 Å². The Kier molecular flexibility index (Phi) is 3.33. The Balaban J connectivity index is 1.87. The molecule has 2 fully saturated rings. The molecule has 2 heterocycles. The fraction of sp³-hybridized carbons (Fsp3) is 0.667. The first-order chi connectivity index (χ1) is 9.04. The van der Waals surface area contributed by atoms with Crippen molar-refractivity contribution in [3.05, 3.63) is 11.4 Å². The van der Waals surface area contributed by atoms with Gasteiger partial charge in [0, 0.05) is 19.1 Å². The van der Waals surface area contributed by atoms with E-state index in [-0.39, 0.29) is 6.04 Å². The van der Waals surface area contributed by atoms with Crippen LogP contribution in [0, 0.1) is 11.8 Å². The molecule has 1 saturated carbocycles. The zero-order valence-corrected chi connectivity index (χ0v) is 12.4. The summed E-state index contributed by atoms with van der Waals surface area (Å²) in [4.78, 5) is 0. The summed E-state index contributed by atoms with van der Waals surface area (Å²) in [6.07, 6.45) is 2.06. The molecule has 19 heavy (non-hydrogen) atoms. The first kappa shape index (κ1) is 13.4. The number of hydrogen-bond donors (Lipinski definition) is 1. The van der Waals surface area contributed by atoms with Gasteiger partial charge in [-0.15, -0.1) is 11.3 Å². The molecule has 3 unspecified atom stereocenters. The predicted octanol–water partition coefficient (Wildman–Crippen LogP) is 1.11. The zero-order chi connectivity index (χ0) is 13.6. The maximum Gasteiger partial charge on any atom is 0.256 e. The van der Waals surface area contributed by atoms with Gasteiger partial charge in [0.25, 0.3) is 10.0 Å². The molecular formula is C12H18N2O3S2. The van der Waals surface area contributed by atoms with Gasteiger partial charge in [0.15, 0.2) is 4.21 Å². The Hall–Kier alpha value is -0.630. The molecule has 1 aliphatic heterocycles. The van der Waals surface area contributed by atoms with Crippen LogP contribution in [-0.4, -0.2) is 39.0 Å². The maximum absolute atomic E-state index is 12.6. The van der Waals surface area contributed by atoms with Crippen LogP contribution >= 0.6 is 11.3 Å². The molecule has 2 N–H and O–H groups in total. The molecule has 2 aliphatic rings. The maximum atomic E-state index is 12.6. The molecule has 1 aromatic rings. The SMILES string of the molecule is COc1ccsc1S(=O)(=O)N1CC2CCC(N)C2C1. The van der Waals surface area contributed by atoms with Crippen LogP contribution in [0.25, 0.3) is 0 Å². The molecule has 3 rings (SSSR count). The summed E-state index contributed by atoms with van der Waals surface area (Å²) in [7, 11) is -1.94. The van der Waals surface area contributed by atoms with Gasteiger partial charge in [-0.05, 0) is 36.1 Å². The van der Waals surface area contributed by atoms with Crippen molar-refractivity contribution < 1.29 is 13.2 Å². The molecule has 1 saturated heterocycles. The molecule has 0 bridgehead atoms. The van der Waals surface area contributed by atoms with Crippen molar-refractivity contribution in [1.82, 2.24) is 4.31 Å². The second-order valence-electron chi connectivity index (χ2n) is 5.26. The minimum absolute atomic E-state index is 0.149. The number of sulfonamides is 1. The average molecular weight is 302 g/mol. The van der Waals surface area contributed by atoms with E-state index in [0.717, 1.165) is 12.8 Å². The Morgan fingerprint density at radius 2 is 2.21 bits per heavy atom. The van der Waals surface area contributed by atoms with Crippen LogP contribution in [0.1, 0.15) is 12.8 Å². The monoisotopic (exact) mass is 302 g/mol. The van der Waals surface area contributed by atoms with E-state index >= 15 is 0 Å². The molecule has 106 valence electrons. The van der Waals surface area contributed by atoms with E-state index in [2.05, 4.69) is 0 Å². The Morgan fingerprint density at radius 3 is 2.89 bits per heavy atom. The van der Waals surface area contributed by atoms with Gasteiger partial charge in [-0.1, -0.05) is 0 Å². The van der Waals surface area contributed by atoms with Gasteiger partial charge >= 0.3 is 0 Å². The van der Waals surface area contributed by atoms with Crippen molar-refractivity contribution in [3.63, 3.8) is 0 Å². The van der Waals surface area contributed by atoms with Gasteiger partial charge in [0.2, 0.25) is 0 Å². The summed E-state index contributed by atoms with van der Waals surface area (Å²) in [5.74, 6) is 1.18. The predicted molar refractivity (Wildman–Crippen MR) is 73.8 cm³/mol. The number of hydrogen-bond acceptors (Lipinski definition) is 5. The highest BCUT2D eigenvalue weighted by molar-refractivity contribution is 7.91. The second-order valence-corrected chi connectivity index (χ2v) is 8.31. The number of rotatable bonds is 3. The van der Waals surface area contributed by atoms with Gasteiger partial charge < -0.3 is 10.5 Å². The van der Waals surface area contributed by atoms with Crippen LogP contribution in [0.2, 0.25) is 0 Å². The number of fused-ring (bicyclic) bond motifs is 1. The second kappa shape index (κ2) is 4.73. The lowest BCUT2D eigenvalue weighted by molar-refractivity contribution is 0.399. The van der Waals surface area contributed by atoms with Crippen molar-refractivity contribution in [3.8, 4) is 5.75 Å². The van der Waals surface area contributed by atoms with Crippen LogP contribution in [-0.2, 0) is 10.0 Å². The van der Waals surface area contributed by atoms with E-state index in [1.807, 2.05) is 0 Å². The van der Waals surface area contributed by atoms with Crippen LogP contribution < -0.4 is 10.5 Å². The smallest absolute Gasteiger partial charge is 0.256 e. The van der Waals surface area contributed by atoms with Crippen LogP contribution in [0.4, 0.5) is 0 Å². The molecule has 5 nitrogen and oxygen atoms in total. The normalized spacial score (nSPS) is 31.6. The van der Waals surface area contributed by atoms with Gasteiger partial charge in [0.05, 0.1) is 7.11 Å². The highest BCUT2D eigenvalue weighted by atomic mass is 32.2. The number of ether oxygens (including phenoxy) is 1. The van der Waals surface area contributed by atoms with Gasteiger partial charge in [-0.25, -0.2) is 8.42 Å². The topological polar surface area (TPSA) is 72.6 Å². The van der Waals surface area contributed by atoms with Crippen LogP contribution in [0.5, 0.6) is 5.75 Å². The van der Waals surface area contributed by atoms with Crippen molar-refractivity contribution >= 4 is 21.4 Å². The molecular weight excluding hydrogens is 284 g/mol. The summed E-state index contributed by atoms with van der Waals surface area (Å²) < 4.78 is 32.3. The van der Waals surface area contributed by atoms with Gasteiger partial charge in [0.1, 0.15) is 5.75 Å². The Morgan fingerprint density at radius 1 is 1.42 bits per heavy atom. The lowest BCUT2D eigenvalue weighted by Gasteiger charge is -2.18. The van der Waals surface area contributed by atoms with E-state index in [4.69, 9.17) is 10.5 Å². The van der Waals surface area contributed by atoms with Crippen molar-refractivity contribution in [1.29, 1.82) is 0 Å². The third-order valence-corrected chi connectivity index (χ3v) is 7.52. The summed E-state index contributed by atoms with van der Waals surface area (Å²) >= 11 is 1.21. The third-order valence-electron chi connectivity index (χ3n) is 4.27. The quantitative estimate of drug-likeness (QED) is 0.908. The molecule has 0 amide bonds. The Labute approximate surface area is 117 Å². The van der Waals surface area contributed by atoms with Crippen LogP contribution in [0.3, 0.4) is 0 Å². The molecule has 3 atom stereocenters. The molecule has 1 aromatic heterocycles. The van der Waals surface area contributed by atoms with E-state index in [1.54, 1.807) is 15.8 Å². The molecule has 0 spiro atoms. The fourth-order valence-electron chi connectivity index (χ4n) is 3.20. The van der Waals surface area contributed by atoms with E-state index in [0.29, 0.717) is 34.9 Å². The first-order valence-corrected chi connectivity index (χ1v) is 8.73. The summed E-state index contributed by atoms with van der Waals surface area (Å²) in [6.45, 7) is 1.15. The lowest BCUT2D eigenvalue weighted by Crippen LogP contribution is -2.33. The third kappa shape index (κ3) is 2.08. The van der Waals surface area contributed by atoms with E-state index < -0.39 is 10.0 Å². The fourth-order valence-corrected chi connectivity index (χ4v) is 6.15. The summed E-state index contributed by atoms with van der Waals surface area (Å²) in [5, 5.41) is 1.74. The average Bonchev–Trinajstić information content (AvgIpc) is 3.06. The van der Waals surface area contributed by atoms with Crippen molar-refractivity contribution in [2.75, 3.05) is 20.2 Å². The number of nitrogens with two attached hydrogens (primary N) is 1. The van der Waals surface area contributed by atoms with Crippen LogP contribution in [0.15, 0.2) is 15.7 Å². The Bertz CT molecular complexity index is 569. The highest BCUT2D eigenvalue weighted by Crippen LogP contribution is 2.41. The lowest BCUT2D eigenvalue weighted by atomic mass is 9.98. The van der Waals surface area contributed by atoms with Gasteiger partial charge in [-0.3, -0.25) is 0 Å². The number of thiophene rings is 1. The zero-order valence-electron chi connectivity index (χ0n) is 10.8. The largest absolute Gasteiger partial charge is 0.494 e. The minimum Gasteiger partial charge on any atom is -0.494 e. The van der Waals surface area contributed by atoms with Gasteiger partial charge in [-0.2, -0.15) is 4.31 Å². The molecule has 1 aliphatic carbocycles. The number of nitrogens with zero attached hydrogens (tertiary/aromatic N) is 1. The van der Waals surface area contributed by atoms with E-state index in [9.17, 15) is 8.42 Å². The number of methoxy groups -OCH3 is 1. The minimum atomic E-state index is -3.43. The van der Waals surface area contributed by atoms with Crippen molar-refractivity contribution in [2.24, 2.45) is 17.6 Å².